The van der Waals surface area contributed by atoms with Crippen LogP contribution in [-0.2, 0) is 4.74 Å². The van der Waals surface area contributed by atoms with E-state index < -0.39 is 11.6 Å². The van der Waals surface area contributed by atoms with Crippen molar-refractivity contribution < 1.29 is 19.1 Å². The van der Waals surface area contributed by atoms with Crippen LogP contribution in [0.4, 0.5) is 0 Å². The quantitative estimate of drug-likeness (QED) is 0.758. The number of carbonyl (C=O) groups excluding carboxylic acids is 1. The number of carbonyl (C=O) groups is 1. The predicted octanol–water partition coefficient (Wildman–Crippen LogP) is 1.59. The van der Waals surface area contributed by atoms with Crippen molar-refractivity contribution in [2.45, 2.75) is 6.92 Å². The summed E-state index contributed by atoms with van der Waals surface area (Å²) in [7, 11) is 1.18. The summed E-state index contributed by atoms with van der Waals surface area (Å²) in [6, 6.07) is 4.50. The number of fused-ring (bicyclic) bond motifs is 1. The topological polar surface area (TPSA) is 76.7 Å². The maximum Gasteiger partial charge on any atom is 0.344 e. The number of ether oxygens (including phenoxy) is 1. The number of aryl methyl sites for hydroxylation is 1. The Morgan fingerprint density at radius 3 is 2.76 bits per heavy atom. The highest BCUT2D eigenvalue weighted by molar-refractivity contribution is 6.06. The van der Waals surface area contributed by atoms with Crippen molar-refractivity contribution in [1.82, 2.24) is 0 Å². The Morgan fingerprint density at radius 1 is 1.41 bits per heavy atom. The van der Waals surface area contributed by atoms with E-state index in [0.717, 1.165) is 0 Å². The van der Waals surface area contributed by atoms with Crippen LogP contribution in [0, 0.1) is 6.92 Å². The summed E-state index contributed by atoms with van der Waals surface area (Å²) < 4.78 is 9.44. The summed E-state index contributed by atoms with van der Waals surface area (Å²) in [6.07, 6.45) is 0. The normalized spacial score (nSPS) is 10.5. The molecule has 17 heavy (non-hydrogen) atoms. The molecule has 1 heterocycles. The Bertz CT molecular complexity index is 654. The molecule has 0 amide bonds. The molecule has 0 aliphatic carbocycles. The molecule has 0 saturated carbocycles. The van der Waals surface area contributed by atoms with Gasteiger partial charge in [-0.15, -0.1) is 0 Å². The van der Waals surface area contributed by atoms with Crippen molar-refractivity contribution in [3.05, 3.63) is 39.9 Å². The van der Waals surface area contributed by atoms with Gasteiger partial charge < -0.3 is 14.3 Å². The molecule has 0 fully saturated rings. The zero-order chi connectivity index (χ0) is 12.6. The van der Waals surface area contributed by atoms with Gasteiger partial charge >= 0.3 is 11.6 Å². The highest BCUT2D eigenvalue weighted by Gasteiger charge is 2.19. The summed E-state index contributed by atoms with van der Waals surface area (Å²) in [6.45, 7) is 1.63. The molecule has 0 saturated heterocycles. The van der Waals surface area contributed by atoms with Crippen molar-refractivity contribution in [3.63, 3.8) is 0 Å². The van der Waals surface area contributed by atoms with E-state index in [1.165, 1.54) is 13.2 Å². The molecule has 0 spiro atoms. The summed E-state index contributed by atoms with van der Waals surface area (Å²) >= 11 is 0. The molecule has 88 valence electrons. The number of aromatic hydroxyl groups is 1. The largest absolute Gasteiger partial charge is 0.507 e. The Morgan fingerprint density at radius 2 is 2.12 bits per heavy atom. The molecular formula is C12H10O5. The average Bonchev–Trinajstić information content (AvgIpc) is 2.28. The van der Waals surface area contributed by atoms with Crippen LogP contribution >= 0.6 is 0 Å². The van der Waals surface area contributed by atoms with Crippen LogP contribution in [0.1, 0.15) is 16.1 Å². The molecule has 0 atom stereocenters. The van der Waals surface area contributed by atoms with Gasteiger partial charge in [-0.3, -0.25) is 0 Å². The molecule has 2 aromatic rings. The fraction of sp³-hybridized carbons (Fsp3) is 0.167. The second-order valence-corrected chi connectivity index (χ2v) is 3.56. The fourth-order valence-corrected chi connectivity index (χ4v) is 1.70. The minimum Gasteiger partial charge on any atom is -0.507 e. The minimum atomic E-state index is -0.774. The van der Waals surface area contributed by atoms with Gasteiger partial charge in [0.15, 0.2) is 0 Å². The van der Waals surface area contributed by atoms with Gasteiger partial charge in [-0.1, -0.05) is 6.07 Å². The number of hydrogen-bond donors (Lipinski definition) is 1. The third kappa shape index (κ3) is 1.75. The molecule has 0 bridgehead atoms. The first-order valence-electron chi connectivity index (χ1n) is 4.89. The molecule has 1 N–H and O–H groups in total. The van der Waals surface area contributed by atoms with E-state index >= 15 is 0 Å². The zero-order valence-electron chi connectivity index (χ0n) is 9.31. The number of esters is 1. The number of benzene rings is 1. The van der Waals surface area contributed by atoms with Crippen molar-refractivity contribution in [2.24, 2.45) is 0 Å². The highest BCUT2D eigenvalue weighted by Crippen LogP contribution is 2.25. The van der Waals surface area contributed by atoms with Crippen LogP contribution in [0.2, 0.25) is 0 Å². The zero-order valence-corrected chi connectivity index (χ0v) is 9.31. The van der Waals surface area contributed by atoms with Crippen molar-refractivity contribution >= 4 is 16.7 Å². The number of phenols is 1. The van der Waals surface area contributed by atoms with Gasteiger partial charge in [0.1, 0.15) is 17.1 Å². The standard InChI is InChI=1S/C12H10O5/c1-6-5-7-3-4-8(13)10(11(14)16-2)9(7)12(15)17-6/h3-5,13H,1-2H3. The number of hydrogen-bond acceptors (Lipinski definition) is 5. The van der Waals surface area contributed by atoms with Gasteiger partial charge in [-0.05, 0) is 24.4 Å². The lowest BCUT2D eigenvalue weighted by molar-refractivity contribution is 0.0599. The van der Waals surface area contributed by atoms with Gasteiger partial charge in [-0.2, -0.15) is 0 Å². The molecule has 2 rings (SSSR count). The third-order valence-electron chi connectivity index (χ3n) is 2.42. The van der Waals surface area contributed by atoms with Crippen molar-refractivity contribution in [2.75, 3.05) is 7.11 Å². The summed E-state index contributed by atoms with van der Waals surface area (Å²) in [5, 5.41) is 10.2. The lowest BCUT2D eigenvalue weighted by Gasteiger charge is -2.06. The highest BCUT2D eigenvalue weighted by atomic mass is 16.5. The first kappa shape index (κ1) is 11.2. The van der Waals surface area contributed by atoms with E-state index in [4.69, 9.17) is 4.42 Å². The van der Waals surface area contributed by atoms with E-state index in [1.54, 1.807) is 19.1 Å². The van der Waals surface area contributed by atoms with E-state index in [1.807, 2.05) is 0 Å². The maximum absolute atomic E-state index is 11.7. The van der Waals surface area contributed by atoms with Crippen molar-refractivity contribution in [1.29, 1.82) is 0 Å². The minimum absolute atomic E-state index is 0.0300. The molecule has 1 aromatic heterocycles. The summed E-state index contributed by atoms with van der Waals surface area (Å²) in [5.41, 5.74) is -0.838. The van der Waals surface area contributed by atoms with Gasteiger partial charge in [0.2, 0.25) is 0 Å². The summed E-state index contributed by atoms with van der Waals surface area (Å²) in [5.74, 6) is -0.645. The third-order valence-corrected chi connectivity index (χ3v) is 2.42. The Balaban J connectivity index is 2.95. The van der Waals surface area contributed by atoms with Crippen LogP contribution in [-0.4, -0.2) is 18.2 Å². The fourth-order valence-electron chi connectivity index (χ4n) is 1.70. The maximum atomic E-state index is 11.7. The predicted molar refractivity (Wildman–Crippen MR) is 60.2 cm³/mol. The molecule has 0 aliphatic rings. The molecule has 0 radical (unpaired) electrons. The first-order valence-corrected chi connectivity index (χ1v) is 4.89. The smallest absolute Gasteiger partial charge is 0.344 e. The first-order chi connectivity index (χ1) is 8.04. The van der Waals surface area contributed by atoms with Crippen LogP contribution in [0.5, 0.6) is 5.75 Å². The Kier molecular flexibility index (Phi) is 2.59. The van der Waals surface area contributed by atoms with Gasteiger partial charge in [0.25, 0.3) is 0 Å². The van der Waals surface area contributed by atoms with Crippen molar-refractivity contribution in [3.8, 4) is 5.75 Å². The number of methoxy groups -OCH3 is 1. The number of phenolic OH excluding ortho intramolecular Hbond substituents is 1. The summed E-state index contributed by atoms with van der Waals surface area (Å²) in [4.78, 5) is 23.2. The SMILES string of the molecule is COC(=O)c1c(O)ccc2cc(C)oc(=O)c12. The van der Waals surface area contributed by atoms with Gasteiger partial charge in [0, 0.05) is 0 Å². The van der Waals surface area contributed by atoms with E-state index in [-0.39, 0.29) is 16.7 Å². The van der Waals surface area contributed by atoms with Gasteiger partial charge in [-0.25, -0.2) is 9.59 Å². The molecule has 5 heteroatoms. The Hall–Kier alpha value is -2.30. The van der Waals surface area contributed by atoms with Gasteiger partial charge in [0.05, 0.1) is 12.5 Å². The van der Waals surface area contributed by atoms with E-state index in [2.05, 4.69) is 4.74 Å². The van der Waals surface area contributed by atoms with E-state index in [0.29, 0.717) is 11.1 Å². The molecule has 0 unspecified atom stereocenters. The number of rotatable bonds is 1. The lowest BCUT2D eigenvalue weighted by Crippen LogP contribution is -2.10. The van der Waals surface area contributed by atoms with Crippen LogP contribution < -0.4 is 5.63 Å². The molecule has 1 aromatic carbocycles. The molecular weight excluding hydrogens is 224 g/mol. The second-order valence-electron chi connectivity index (χ2n) is 3.56. The van der Waals surface area contributed by atoms with Crippen LogP contribution in [0.15, 0.2) is 27.4 Å². The lowest BCUT2D eigenvalue weighted by atomic mass is 10.1. The van der Waals surface area contributed by atoms with E-state index in [9.17, 15) is 14.7 Å². The van der Waals surface area contributed by atoms with Crippen LogP contribution in [0.25, 0.3) is 10.8 Å². The molecule has 5 nitrogen and oxygen atoms in total. The second kappa shape index (κ2) is 3.93. The van der Waals surface area contributed by atoms with Crippen LogP contribution in [0.3, 0.4) is 0 Å². The molecule has 0 aliphatic heterocycles. The Labute approximate surface area is 96.2 Å². The monoisotopic (exact) mass is 234 g/mol. The average molecular weight is 234 g/mol.